The van der Waals surface area contributed by atoms with Crippen LogP contribution in [0.3, 0.4) is 0 Å². The second-order valence-corrected chi connectivity index (χ2v) is 6.47. The fraction of sp³-hybridized carbons (Fsp3) is 0.417. The minimum absolute atomic E-state index is 0.0304. The van der Waals surface area contributed by atoms with Crippen molar-refractivity contribution in [3.8, 4) is 0 Å². The smallest absolute Gasteiger partial charge is 0.238 e. The first-order valence-electron chi connectivity index (χ1n) is 5.92. The van der Waals surface area contributed by atoms with Crippen LogP contribution in [0, 0.1) is 0 Å². The number of nitrogens with two attached hydrogens (primary N) is 1. The number of sulfonamides is 1. The first-order chi connectivity index (χ1) is 8.93. The Morgan fingerprint density at radius 3 is 2.32 bits per heavy atom. The van der Waals surface area contributed by atoms with Gasteiger partial charge < -0.3 is 5.32 Å². The van der Waals surface area contributed by atoms with Crippen LogP contribution in [-0.4, -0.2) is 19.7 Å². The summed E-state index contributed by atoms with van der Waals surface area (Å²) in [4.78, 5) is 11.6. The van der Waals surface area contributed by atoms with Crippen LogP contribution in [0.15, 0.2) is 29.2 Å². The molecule has 3 N–H and O–H groups in total. The Bertz CT molecular complexity index is 514. The molecule has 0 saturated carbocycles. The van der Waals surface area contributed by atoms with Gasteiger partial charge in [0.25, 0.3) is 0 Å². The fourth-order valence-corrected chi connectivity index (χ4v) is 2.42. The van der Waals surface area contributed by atoms with Crippen molar-refractivity contribution in [3.05, 3.63) is 24.3 Å². The van der Waals surface area contributed by atoms with E-state index in [1.807, 2.05) is 0 Å². The molecule has 0 spiro atoms. The summed E-state index contributed by atoms with van der Waals surface area (Å²) < 4.78 is 22.1. The summed E-state index contributed by atoms with van der Waals surface area (Å²) in [7, 11) is -3.69. The van der Waals surface area contributed by atoms with Gasteiger partial charge in [0.05, 0.1) is 4.90 Å². The third kappa shape index (κ3) is 6.17. The van der Waals surface area contributed by atoms with E-state index in [0.717, 1.165) is 24.6 Å². The molecule has 0 heterocycles. The molecular formula is C12H17BrN2O3S. The van der Waals surface area contributed by atoms with Gasteiger partial charge in [-0.1, -0.05) is 22.4 Å². The zero-order valence-corrected chi connectivity index (χ0v) is 12.8. The summed E-state index contributed by atoms with van der Waals surface area (Å²) in [6.07, 6.45) is 3.36. The van der Waals surface area contributed by atoms with Crippen LogP contribution in [0.4, 0.5) is 5.69 Å². The number of carbonyl (C=O) groups excluding carboxylic acids is 1. The molecule has 0 aliphatic heterocycles. The number of halogens is 1. The highest BCUT2D eigenvalue weighted by Crippen LogP contribution is 2.13. The lowest BCUT2D eigenvalue weighted by molar-refractivity contribution is -0.116. The summed E-state index contributed by atoms with van der Waals surface area (Å²) in [6, 6.07) is 5.79. The number of rotatable bonds is 7. The van der Waals surface area contributed by atoms with E-state index in [4.69, 9.17) is 5.14 Å². The van der Waals surface area contributed by atoms with E-state index in [-0.39, 0.29) is 10.8 Å². The molecule has 5 nitrogen and oxygen atoms in total. The molecule has 1 aromatic carbocycles. The molecule has 0 fully saturated rings. The Morgan fingerprint density at radius 2 is 1.79 bits per heavy atom. The second-order valence-electron chi connectivity index (χ2n) is 4.12. The number of carbonyl (C=O) groups is 1. The molecule has 106 valence electrons. The fourth-order valence-electron chi connectivity index (χ4n) is 1.51. The number of anilines is 1. The maximum Gasteiger partial charge on any atom is 0.238 e. The Morgan fingerprint density at radius 1 is 1.16 bits per heavy atom. The minimum atomic E-state index is -3.69. The first-order valence-corrected chi connectivity index (χ1v) is 8.59. The highest BCUT2D eigenvalue weighted by atomic mass is 79.9. The van der Waals surface area contributed by atoms with Crippen molar-refractivity contribution < 1.29 is 13.2 Å². The van der Waals surface area contributed by atoms with Crippen molar-refractivity contribution in [2.75, 3.05) is 10.6 Å². The number of hydrogen-bond acceptors (Lipinski definition) is 3. The van der Waals surface area contributed by atoms with Gasteiger partial charge in [-0.3, -0.25) is 4.79 Å². The lowest BCUT2D eigenvalue weighted by Crippen LogP contribution is -2.13. The van der Waals surface area contributed by atoms with Crippen molar-refractivity contribution >= 4 is 37.5 Å². The summed E-state index contributed by atoms with van der Waals surface area (Å²) in [5.74, 6) is -0.0714. The van der Waals surface area contributed by atoms with Crippen LogP contribution < -0.4 is 10.5 Å². The molecular weight excluding hydrogens is 332 g/mol. The third-order valence-corrected chi connectivity index (χ3v) is 3.99. The maximum atomic E-state index is 11.6. The minimum Gasteiger partial charge on any atom is -0.326 e. The molecule has 7 heteroatoms. The van der Waals surface area contributed by atoms with Crippen molar-refractivity contribution in [3.63, 3.8) is 0 Å². The number of nitrogens with one attached hydrogen (secondary N) is 1. The zero-order chi connectivity index (χ0) is 14.3. The lowest BCUT2D eigenvalue weighted by Gasteiger charge is -2.05. The van der Waals surface area contributed by atoms with Crippen molar-refractivity contribution in [2.45, 2.75) is 30.6 Å². The zero-order valence-electron chi connectivity index (χ0n) is 10.4. The van der Waals surface area contributed by atoms with Crippen molar-refractivity contribution in [1.29, 1.82) is 0 Å². The van der Waals surface area contributed by atoms with Crippen molar-refractivity contribution in [1.82, 2.24) is 0 Å². The summed E-state index contributed by atoms with van der Waals surface area (Å²) in [5.41, 5.74) is 0.567. The van der Waals surface area contributed by atoms with E-state index in [0.29, 0.717) is 12.1 Å². The van der Waals surface area contributed by atoms with Crippen LogP contribution in [0.2, 0.25) is 0 Å². The predicted octanol–water partition coefficient (Wildman–Crippen LogP) is 2.23. The number of alkyl halides is 1. The molecule has 0 aliphatic carbocycles. The standard InChI is InChI=1S/C12H17BrN2O3S/c13-9-3-1-2-4-12(16)15-10-5-7-11(8-6-10)19(14,17)18/h5-8H,1-4,9H2,(H,15,16)(H2,14,17,18). The monoisotopic (exact) mass is 348 g/mol. The summed E-state index contributed by atoms with van der Waals surface area (Å²) in [5, 5.41) is 8.64. The molecule has 1 rings (SSSR count). The molecule has 19 heavy (non-hydrogen) atoms. The molecule has 0 aromatic heterocycles. The number of benzene rings is 1. The van der Waals surface area contributed by atoms with Crippen LogP contribution >= 0.6 is 15.9 Å². The molecule has 0 aliphatic rings. The summed E-state index contributed by atoms with van der Waals surface area (Å²) in [6.45, 7) is 0. The molecule has 0 bridgehead atoms. The van der Waals surface area contributed by atoms with E-state index in [9.17, 15) is 13.2 Å². The quantitative estimate of drug-likeness (QED) is 0.584. The van der Waals surface area contributed by atoms with Gasteiger partial charge in [0.15, 0.2) is 0 Å². The molecule has 0 radical (unpaired) electrons. The second kappa shape index (κ2) is 7.62. The van der Waals surface area contributed by atoms with Gasteiger partial charge in [0, 0.05) is 17.4 Å². The largest absolute Gasteiger partial charge is 0.326 e. The summed E-state index contributed by atoms with van der Waals surface area (Å²) >= 11 is 3.33. The van der Waals surface area contributed by atoms with E-state index in [1.54, 1.807) is 0 Å². The van der Waals surface area contributed by atoms with Gasteiger partial charge in [-0.05, 0) is 37.1 Å². The van der Waals surface area contributed by atoms with Gasteiger partial charge in [-0.15, -0.1) is 0 Å². The van der Waals surface area contributed by atoms with E-state index in [2.05, 4.69) is 21.2 Å². The molecule has 0 atom stereocenters. The van der Waals surface area contributed by atoms with E-state index in [1.165, 1.54) is 24.3 Å². The number of amides is 1. The van der Waals surface area contributed by atoms with Crippen LogP contribution in [0.5, 0.6) is 0 Å². The number of unbranched alkanes of at least 4 members (excludes halogenated alkanes) is 2. The third-order valence-electron chi connectivity index (χ3n) is 2.50. The van der Waals surface area contributed by atoms with Crippen LogP contribution in [0.25, 0.3) is 0 Å². The Labute approximate surface area is 121 Å². The van der Waals surface area contributed by atoms with Crippen molar-refractivity contribution in [2.24, 2.45) is 5.14 Å². The Hall–Kier alpha value is -0.920. The van der Waals surface area contributed by atoms with Gasteiger partial charge >= 0.3 is 0 Å². The van der Waals surface area contributed by atoms with Crippen LogP contribution in [-0.2, 0) is 14.8 Å². The number of hydrogen-bond donors (Lipinski definition) is 2. The topological polar surface area (TPSA) is 89.3 Å². The Balaban J connectivity index is 2.47. The normalized spacial score (nSPS) is 11.3. The highest BCUT2D eigenvalue weighted by Gasteiger charge is 2.07. The van der Waals surface area contributed by atoms with Gasteiger partial charge in [0.1, 0.15) is 0 Å². The lowest BCUT2D eigenvalue weighted by atomic mass is 10.2. The number of primary sulfonamides is 1. The Kier molecular flexibility index (Phi) is 6.47. The molecule has 0 unspecified atom stereocenters. The average molecular weight is 349 g/mol. The average Bonchev–Trinajstić information content (AvgIpc) is 2.34. The molecule has 0 saturated heterocycles. The predicted molar refractivity (Wildman–Crippen MR) is 78.7 cm³/mol. The van der Waals surface area contributed by atoms with Gasteiger partial charge in [-0.2, -0.15) is 0 Å². The van der Waals surface area contributed by atoms with Gasteiger partial charge in [-0.25, -0.2) is 13.6 Å². The first kappa shape index (κ1) is 16.1. The molecule has 1 aromatic rings. The maximum absolute atomic E-state index is 11.6. The SMILES string of the molecule is NS(=O)(=O)c1ccc(NC(=O)CCCCCBr)cc1. The highest BCUT2D eigenvalue weighted by molar-refractivity contribution is 9.09. The van der Waals surface area contributed by atoms with E-state index >= 15 is 0 Å². The molecule has 1 amide bonds. The van der Waals surface area contributed by atoms with Gasteiger partial charge in [0.2, 0.25) is 15.9 Å². The van der Waals surface area contributed by atoms with E-state index < -0.39 is 10.0 Å². The van der Waals surface area contributed by atoms with Crippen LogP contribution in [0.1, 0.15) is 25.7 Å².